The highest BCUT2D eigenvalue weighted by Gasteiger charge is 2.40. The van der Waals surface area contributed by atoms with E-state index >= 15 is 0 Å². The Kier molecular flexibility index (Phi) is 5.61. The molecule has 0 aromatic heterocycles. The average molecular weight is 413 g/mol. The second-order valence-electron chi connectivity index (χ2n) is 8.02. The van der Waals surface area contributed by atoms with E-state index in [9.17, 15) is 14.7 Å². The average Bonchev–Trinajstić information content (AvgIpc) is 3.09. The summed E-state index contributed by atoms with van der Waals surface area (Å²) in [5.74, 6) is -0.248. The molecule has 29 heavy (non-hydrogen) atoms. The minimum absolute atomic E-state index is 0.0204. The van der Waals surface area contributed by atoms with E-state index in [2.05, 4.69) is 0 Å². The first kappa shape index (κ1) is 19.9. The van der Waals surface area contributed by atoms with Crippen molar-refractivity contribution in [1.82, 2.24) is 9.80 Å². The molecule has 6 heteroatoms. The van der Waals surface area contributed by atoms with Gasteiger partial charge in [0.1, 0.15) is 0 Å². The first-order valence-electron chi connectivity index (χ1n) is 10.0. The van der Waals surface area contributed by atoms with Crippen molar-refractivity contribution in [2.24, 2.45) is 5.92 Å². The molecule has 2 aliphatic rings. The van der Waals surface area contributed by atoms with Crippen LogP contribution in [0.5, 0.6) is 0 Å². The smallest absolute Gasteiger partial charge is 0.227 e. The van der Waals surface area contributed by atoms with Crippen molar-refractivity contribution in [3.63, 3.8) is 0 Å². The molecular formula is C23H25ClN2O3. The second kappa shape index (κ2) is 8.17. The molecule has 2 amide bonds. The van der Waals surface area contributed by atoms with E-state index in [-0.39, 0.29) is 24.2 Å². The fourth-order valence-electron chi connectivity index (χ4n) is 4.30. The number of amides is 2. The van der Waals surface area contributed by atoms with Crippen LogP contribution in [0.2, 0.25) is 5.02 Å². The van der Waals surface area contributed by atoms with Gasteiger partial charge in [0.25, 0.3) is 0 Å². The number of carbonyl (C=O) groups excluding carboxylic acids is 2. The Bertz CT molecular complexity index is 877. The van der Waals surface area contributed by atoms with Crippen LogP contribution in [0.15, 0.2) is 54.6 Å². The molecule has 2 heterocycles. The maximum absolute atomic E-state index is 13.0. The zero-order valence-electron chi connectivity index (χ0n) is 16.3. The molecule has 0 saturated carbocycles. The van der Waals surface area contributed by atoms with Gasteiger partial charge in [-0.15, -0.1) is 0 Å². The molecule has 1 N–H and O–H groups in total. The molecule has 2 fully saturated rings. The van der Waals surface area contributed by atoms with Crippen molar-refractivity contribution in [2.45, 2.75) is 31.4 Å². The van der Waals surface area contributed by atoms with Crippen LogP contribution in [0, 0.1) is 5.92 Å². The maximum atomic E-state index is 13.0. The summed E-state index contributed by atoms with van der Waals surface area (Å²) in [6.45, 7) is 1.98. The number of piperidine rings is 1. The van der Waals surface area contributed by atoms with Gasteiger partial charge < -0.3 is 14.9 Å². The van der Waals surface area contributed by atoms with Gasteiger partial charge in [0, 0.05) is 37.6 Å². The third-order valence-corrected chi connectivity index (χ3v) is 6.32. The molecule has 4 rings (SSSR count). The van der Waals surface area contributed by atoms with Gasteiger partial charge in [-0.2, -0.15) is 0 Å². The molecule has 2 aromatic rings. The highest BCUT2D eigenvalue weighted by atomic mass is 35.5. The number of aliphatic hydroxyl groups is 1. The lowest BCUT2D eigenvalue weighted by molar-refractivity contribution is -0.140. The predicted molar refractivity (Wildman–Crippen MR) is 111 cm³/mol. The molecule has 2 saturated heterocycles. The van der Waals surface area contributed by atoms with Gasteiger partial charge in [-0.05, 0) is 36.1 Å². The third-order valence-electron chi connectivity index (χ3n) is 6.06. The van der Waals surface area contributed by atoms with Gasteiger partial charge in [-0.3, -0.25) is 9.59 Å². The number of likely N-dealkylation sites (tertiary alicyclic amines) is 2. The van der Waals surface area contributed by atoms with Crippen molar-refractivity contribution < 1.29 is 14.7 Å². The minimum atomic E-state index is -0.938. The van der Waals surface area contributed by atoms with Crippen LogP contribution in [-0.2, 0) is 21.7 Å². The lowest BCUT2D eigenvalue weighted by Gasteiger charge is -2.39. The largest absolute Gasteiger partial charge is 0.385 e. The van der Waals surface area contributed by atoms with Gasteiger partial charge in [0.2, 0.25) is 11.8 Å². The monoisotopic (exact) mass is 412 g/mol. The molecule has 0 bridgehead atoms. The fourth-order valence-corrected chi connectivity index (χ4v) is 4.42. The number of nitrogens with zero attached hydrogens (tertiary/aromatic N) is 2. The van der Waals surface area contributed by atoms with E-state index in [1.165, 1.54) is 0 Å². The number of benzene rings is 2. The maximum Gasteiger partial charge on any atom is 0.227 e. The SMILES string of the molecule is O=C1C[C@H](C(=O)N2CCC(O)(c3ccc(Cl)cc3)CC2)CN1Cc1ccccc1. The van der Waals surface area contributed by atoms with Gasteiger partial charge in [-0.1, -0.05) is 54.1 Å². The Morgan fingerprint density at radius 1 is 1.07 bits per heavy atom. The molecule has 1 atom stereocenters. The van der Waals surface area contributed by atoms with Gasteiger partial charge in [0.15, 0.2) is 0 Å². The highest BCUT2D eigenvalue weighted by molar-refractivity contribution is 6.30. The zero-order valence-corrected chi connectivity index (χ0v) is 17.0. The number of halogens is 1. The Labute approximate surface area is 175 Å². The van der Waals surface area contributed by atoms with Crippen molar-refractivity contribution in [3.05, 3.63) is 70.7 Å². The minimum Gasteiger partial charge on any atom is -0.385 e. The number of carbonyl (C=O) groups is 2. The molecule has 5 nitrogen and oxygen atoms in total. The van der Waals surface area contributed by atoms with Crippen LogP contribution in [0.25, 0.3) is 0 Å². The van der Waals surface area contributed by atoms with E-state index in [4.69, 9.17) is 11.6 Å². The Balaban J connectivity index is 1.35. The van der Waals surface area contributed by atoms with Crippen LogP contribution in [-0.4, -0.2) is 46.4 Å². The van der Waals surface area contributed by atoms with Crippen LogP contribution < -0.4 is 0 Å². The van der Waals surface area contributed by atoms with E-state index < -0.39 is 5.60 Å². The molecule has 0 aliphatic carbocycles. The van der Waals surface area contributed by atoms with Crippen LogP contribution in [0.4, 0.5) is 0 Å². The lowest BCUT2D eigenvalue weighted by Crippen LogP contribution is -2.47. The molecule has 2 aromatic carbocycles. The summed E-state index contributed by atoms with van der Waals surface area (Å²) in [4.78, 5) is 29.0. The summed E-state index contributed by atoms with van der Waals surface area (Å²) < 4.78 is 0. The second-order valence-corrected chi connectivity index (χ2v) is 8.46. The first-order chi connectivity index (χ1) is 13.9. The fraction of sp³-hybridized carbons (Fsp3) is 0.391. The summed E-state index contributed by atoms with van der Waals surface area (Å²) >= 11 is 5.94. The zero-order chi connectivity index (χ0) is 20.4. The van der Waals surface area contributed by atoms with Crippen molar-refractivity contribution in [3.8, 4) is 0 Å². The third kappa shape index (κ3) is 4.31. The molecule has 0 radical (unpaired) electrons. The summed E-state index contributed by atoms with van der Waals surface area (Å²) in [6, 6.07) is 17.1. The molecular weight excluding hydrogens is 388 g/mol. The quantitative estimate of drug-likeness (QED) is 0.838. The van der Waals surface area contributed by atoms with E-state index in [0.29, 0.717) is 44.0 Å². The molecule has 0 spiro atoms. The Morgan fingerprint density at radius 3 is 2.38 bits per heavy atom. The van der Waals surface area contributed by atoms with Crippen molar-refractivity contribution >= 4 is 23.4 Å². The molecule has 0 unspecified atom stereocenters. The lowest BCUT2D eigenvalue weighted by atomic mass is 9.84. The van der Waals surface area contributed by atoms with Crippen molar-refractivity contribution in [2.75, 3.05) is 19.6 Å². The molecule has 2 aliphatic heterocycles. The standard InChI is InChI=1S/C23H25ClN2O3/c24-20-8-6-19(7-9-20)23(29)10-12-25(13-11-23)22(28)18-14-21(27)26(16-18)15-17-4-2-1-3-5-17/h1-9,18,29H,10-16H2/t18-/m0/s1. The number of rotatable bonds is 4. The van der Waals surface area contributed by atoms with E-state index in [1.54, 1.807) is 21.9 Å². The highest BCUT2D eigenvalue weighted by Crippen LogP contribution is 2.34. The molecule has 152 valence electrons. The first-order valence-corrected chi connectivity index (χ1v) is 10.4. The number of hydrogen-bond acceptors (Lipinski definition) is 3. The van der Waals surface area contributed by atoms with Crippen molar-refractivity contribution in [1.29, 1.82) is 0 Å². The van der Waals surface area contributed by atoms with Crippen LogP contribution in [0.3, 0.4) is 0 Å². The van der Waals surface area contributed by atoms with Crippen LogP contribution >= 0.6 is 11.6 Å². The normalized spacial score (nSPS) is 21.4. The predicted octanol–water partition coefficient (Wildman–Crippen LogP) is 3.20. The Hall–Kier alpha value is -2.37. The topological polar surface area (TPSA) is 60.9 Å². The van der Waals surface area contributed by atoms with Gasteiger partial charge in [0.05, 0.1) is 11.5 Å². The van der Waals surface area contributed by atoms with Crippen LogP contribution in [0.1, 0.15) is 30.4 Å². The summed E-state index contributed by atoms with van der Waals surface area (Å²) in [6.07, 6.45) is 1.23. The Morgan fingerprint density at radius 2 is 1.72 bits per heavy atom. The van der Waals surface area contributed by atoms with E-state index in [0.717, 1.165) is 11.1 Å². The number of hydrogen-bond donors (Lipinski definition) is 1. The summed E-state index contributed by atoms with van der Waals surface area (Å²) in [5.41, 5.74) is 0.964. The summed E-state index contributed by atoms with van der Waals surface area (Å²) in [7, 11) is 0. The summed E-state index contributed by atoms with van der Waals surface area (Å²) in [5, 5.41) is 11.6. The van der Waals surface area contributed by atoms with Gasteiger partial charge in [-0.25, -0.2) is 0 Å². The van der Waals surface area contributed by atoms with Gasteiger partial charge >= 0.3 is 0 Å². The van der Waals surface area contributed by atoms with E-state index in [1.807, 2.05) is 42.5 Å².